The topological polar surface area (TPSA) is 56.3 Å². The molecule has 3 rings (SSSR count). The van der Waals surface area contributed by atoms with E-state index in [-0.39, 0.29) is 0 Å². The molecule has 0 saturated carbocycles. The lowest BCUT2D eigenvalue weighted by Gasteiger charge is -2.17. The Kier molecular flexibility index (Phi) is 4.05. The highest BCUT2D eigenvalue weighted by atomic mass is 35.5. The molecule has 3 aromatic rings. The zero-order valence-corrected chi connectivity index (χ0v) is 14.1. The molecule has 6 heteroatoms. The minimum atomic E-state index is 0.652. The van der Waals surface area contributed by atoms with Crippen molar-refractivity contribution < 1.29 is 4.74 Å². The monoisotopic (exact) mass is 330 g/mol. The highest BCUT2D eigenvalue weighted by Gasteiger charge is 2.17. The average molecular weight is 331 g/mol. The van der Waals surface area contributed by atoms with E-state index in [2.05, 4.69) is 10.00 Å². The zero-order chi connectivity index (χ0) is 16.6. The number of nitrogens with two attached hydrogens (primary N) is 1. The molecule has 0 amide bonds. The number of anilines is 2. The third kappa shape index (κ3) is 2.80. The van der Waals surface area contributed by atoms with E-state index in [9.17, 15) is 0 Å². The van der Waals surface area contributed by atoms with Gasteiger partial charge in [-0.3, -0.25) is 4.68 Å². The second-order valence-electron chi connectivity index (χ2n) is 5.51. The van der Waals surface area contributed by atoms with E-state index in [4.69, 9.17) is 22.1 Å². The molecule has 0 aliphatic heterocycles. The van der Waals surface area contributed by atoms with Crippen LogP contribution in [-0.4, -0.2) is 23.9 Å². The van der Waals surface area contributed by atoms with Crippen molar-refractivity contribution in [1.29, 1.82) is 0 Å². The second kappa shape index (κ2) is 6.01. The van der Waals surface area contributed by atoms with Crippen molar-refractivity contribution in [2.45, 2.75) is 6.54 Å². The zero-order valence-electron chi connectivity index (χ0n) is 13.4. The first-order chi connectivity index (χ1) is 11.0. The lowest BCUT2D eigenvalue weighted by atomic mass is 10.2. The third-order valence-corrected chi connectivity index (χ3v) is 4.21. The number of ether oxygens (including phenoxy) is 1. The summed E-state index contributed by atoms with van der Waals surface area (Å²) in [6, 6.07) is 11.6. The largest absolute Gasteiger partial charge is 0.497 e. The Labute approximate surface area is 140 Å². The molecule has 1 aromatic heterocycles. The molecule has 0 spiro atoms. The van der Waals surface area contributed by atoms with Crippen LogP contribution in [0.4, 0.5) is 11.5 Å². The van der Waals surface area contributed by atoms with Crippen LogP contribution in [0.1, 0.15) is 5.56 Å². The normalized spacial score (nSPS) is 11.0. The standard InChI is InChI=1S/C17H19ClN4O/c1-21(10-11-4-6-12(23-3)7-5-11)17-15-13(18)8-9-14(19)16(15)22(2)20-17/h4-9H,10,19H2,1-3H3. The Bertz CT molecular complexity index is 842. The molecule has 0 aliphatic rings. The number of nitrogen functional groups attached to an aromatic ring is 1. The molecule has 23 heavy (non-hydrogen) atoms. The van der Waals surface area contributed by atoms with Crippen molar-refractivity contribution in [3.63, 3.8) is 0 Å². The Morgan fingerprint density at radius 1 is 1.22 bits per heavy atom. The van der Waals surface area contributed by atoms with E-state index < -0.39 is 0 Å². The number of rotatable bonds is 4. The van der Waals surface area contributed by atoms with E-state index in [1.54, 1.807) is 17.9 Å². The van der Waals surface area contributed by atoms with Crippen molar-refractivity contribution >= 4 is 34.0 Å². The molecule has 0 fully saturated rings. The first kappa shape index (κ1) is 15.5. The van der Waals surface area contributed by atoms with Gasteiger partial charge in [-0.05, 0) is 29.8 Å². The summed E-state index contributed by atoms with van der Waals surface area (Å²) in [5.74, 6) is 1.66. The summed E-state index contributed by atoms with van der Waals surface area (Å²) in [5.41, 5.74) is 8.76. The van der Waals surface area contributed by atoms with Gasteiger partial charge in [-0.15, -0.1) is 0 Å². The van der Waals surface area contributed by atoms with Crippen LogP contribution in [0.2, 0.25) is 5.02 Å². The summed E-state index contributed by atoms with van der Waals surface area (Å²) in [5, 5.41) is 6.13. The fourth-order valence-corrected chi connectivity index (χ4v) is 2.97. The maximum atomic E-state index is 6.38. The number of methoxy groups -OCH3 is 1. The van der Waals surface area contributed by atoms with E-state index >= 15 is 0 Å². The van der Waals surface area contributed by atoms with Gasteiger partial charge in [0.15, 0.2) is 5.82 Å². The minimum absolute atomic E-state index is 0.652. The quantitative estimate of drug-likeness (QED) is 0.744. The minimum Gasteiger partial charge on any atom is -0.497 e. The molecule has 2 N–H and O–H groups in total. The second-order valence-corrected chi connectivity index (χ2v) is 5.92. The summed E-state index contributed by atoms with van der Waals surface area (Å²) in [6.07, 6.45) is 0. The molecule has 0 aliphatic carbocycles. The lowest BCUT2D eigenvalue weighted by Crippen LogP contribution is -2.17. The van der Waals surface area contributed by atoms with Crippen molar-refractivity contribution in [1.82, 2.24) is 9.78 Å². The molecule has 2 aromatic carbocycles. The van der Waals surface area contributed by atoms with Gasteiger partial charge in [0, 0.05) is 20.6 Å². The van der Waals surface area contributed by atoms with Gasteiger partial charge < -0.3 is 15.4 Å². The first-order valence-electron chi connectivity index (χ1n) is 7.26. The molecule has 0 bridgehead atoms. The summed E-state index contributed by atoms with van der Waals surface area (Å²) in [7, 11) is 5.53. The van der Waals surface area contributed by atoms with Crippen LogP contribution < -0.4 is 15.4 Å². The summed E-state index contributed by atoms with van der Waals surface area (Å²) < 4.78 is 6.96. The molecule has 120 valence electrons. The number of hydrogen-bond acceptors (Lipinski definition) is 4. The Balaban J connectivity index is 1.97. The van der Waals surface area contributed by atoms with Crippen LogP contribution in [-0.2, 0) is 13.6 Å². The molecular formula is C17H19ClN4O. The Morgan fingerprint density at radius 3 is 2.57 bits per heavy atom. The number of nitrogens with zero attached hydrogens (tertiary/aromatic N) is 3. The number of halogens is 1. The van der Waals surface area contributed by atoms with Crippen LogP contribution in [0.15, 0.2) is 36.4 Å². The van der Waals surface area contributed by atoms with Gasteiger partial charge in [0.1, 0.15) is 5.75 Å². The Morgan fingerprint density at radius 2 is 1.91 bits per heavy atom. The summed E-state index contributed by atoms with van der Waals surface area (Å²) in [4.78, 5) is 2.06. The number of fused-ring (bicyclic) bond motifs is 1. The van der Waals surface area contributed by atoms with Crippen LogP contribution in [0.5, 0.6) is 5.75 Å². The maximum absolute atomic E-state index is 6.38. The summed E-state index contributed by atoms with van der Waals surface area (Å²) in [6.45, 7) is 0.710. The number of benzene rings is 2. The van der Waals surface area contributed by atoms with E-state index in [0.717, 1.165) is 28.0 Å². The van der Waals surface area contributed by atoms with Gasteiger partial charge in [-0.2, -0.15) is 5.10 Å². The molecular weight excluding hydrogens is 312 g/mol. The molecule has 1 heterocycles. The van der Waals surface area contributed by atoms with Crippen molar-refractivity contribution in [3.05, 3.63) is 47.0 Å². The highest BCUT2D eigenvalue weighted by Crippen LogP contribution is 2.35. The number of aromatic nitrogens is 2. The van der Waals surface area contributed by atoms with Crippen LogP contribution >= 0.6 is 11.6 Å². The molecule has 0 atom stereocenters. The van der Waals surface area contributed by atoms with Crippen molar-refractivity contribution in [3.8, 4) is 5.75 Å². The smallest absolute Gasteiger partial charge is 0.160 e. The molecule has 0 radical (unpaired) electrons. The highest BCUT2D eigenvalue weighted by molar-refractivity contribution is 6.37. The summed E-state index contributed by atoms with van der Waals surface area (Å²) >= 11 is 6.38. The number of hydrogen-bond donors (Lipinski definition) is 1. The predicted molar refractivity (Wildman–Crippen MR) is 95.2 cm³/mol. The third-order valence-electron chi connectivity index (χ3n) is 3.89. The van der Waals surface area contributed by atoms with Gasteiger partial charge >= 0.3 is 0 Å². The van der Waals surface area contributed by atoms with Crippen LogP contribution in [0, 0.1) is 0 Å². The molecule has 5 nitrogen and oxygen atoms in total. The van der Waals surface area contributed by atoms with E-state index in [1.165, 1.54) is 0 Å². The van der Waals surface area contributed by atoms with E-state index in [0.29, 0.717) is 17.3 Å². The SMILES string of the molecule is COc1ccc(CN(C)c2nn(C)c3c(N)ccc(Cl)c23)cc1. The van der Waals surface area contributed by atoms with Crippen LogP contribution in [0.25, 0.3) is 10.9 Å². The van der Waals surface area contributed by atoms with Gasteiger partial charge in [0.25, 0.3) is 0 Å². The van der Waals surface area contributed by atoms with Gasteiger partial charge in [-0.1, -0.05) is 23.7 Å². The van der Waals surface area contributed by atoms with Gasteiger partial charge in [0.2, 0.25) is 0 Å². The average Bonchev–Trinajstić information content (AvgIpc) is 2.91. The maximum Gasteiger partial charge on any atom is 0.160 e. The molecule has 0 unspecified atom stereocenters. The van der Waals surface area contributed by atoms with Gasteiger partial charge in [0.05, 0.1) is 28.7 Å². The Hall–Kier alpha value is -2.40. The fourth-order valence-electron chi connectivity index (χ4n) is 2.73. The van der Waals surface area contributed by atoms with Gasteiger partial charge in [-0.25, -0.2) is 0 Å². The van der Waals surface area contributed by atoms with E-state index in [1.807, 2.05) is 44.4 Å². The number of aryl methyl sites for hydroxylation is 1. The molecule has 0 saturated heterocycles. The first-order valence-corrected chi connectivity index (χ1v) is 7.64. The lowest BCUT2D eigenvalue weighted by molar-refractivity contribution is 0.414. The van der Waals surface area contributed by atoms with Crippen molar-refractivity contribution in [2.24, 2.45) is 7.05 Å². The van der Waals surface area contributed by atoms with Crippen molar-refractivity contribution in [2.75, 3.05) is 24.8 Å². The fraction of sp³-hybridized carbons (Fsp3) is 0.235. The van der Waals surface area contributed by atoms with Crippen LogP contribution in [0.3, 0.4) is 0 Å². The predicted octanol–water partition coefficient (Wildman–Crippen LogP) is 3.45.